The Morgan fingerprint density at radius 1 is 1.35 bits per heavy atom. The van der Waals surface area contributed by atoms with Crippen molar-refractivity contribution in [1.29, 1.82) is 0 Å². The quantitative estimate of drug-likeness (QED) is 0.592. The number of Topliss-reactive ketones (excluding diaryl/α,β-unsaturated/α-hetero) is 1. The van der Waals surface area contributed by atoms with Crippen LogP contribution in [0, 0.1) is 6.92 Å². The fourth-order valence-corrected chi connectivity index (χ4v) is 1.85. The van der Waals surface area contributed by atoms with Crippen LogP contribution in [0.4, 0.5) is 0 Å². The number of ketones is 1. The molecule has 0 spiro atoms. The van der Waals surface area contributed by atoms with Crippen LogP contribution in [0.2, 0.25) is 0 Å². The second-order valence-electron chi connectivity index (χ2n) is 5.27. The zero-order chi connectivity index (χ0) is 13.2. The zero-order valence-corrected chi connectivity index (χ0v) is 12.2. The van der Waals surface area contributed by atoms with Gasteiger partial charge in [-0.05, 0) is 29.5 Å². The van der Waals surface area contributed by atoms with Crippen LogP contribution in [0.3, 0.4) is 0 Å². The zero-order valence-electron chi connectivity index (χ0n) is 10.7. The predicted molar refractivity (Wildman–Crippen MR) is 74.6 cm³/mol. The molecule has 0 fully saturated rings. The third-order valence-electron chi connectivity index (χ3n) is 2.79. The Balaban J connectivity index is 3.20. The summed E-state index contributed by atoms with van der Waals surface area (Å²) in [7, 11) is 0. The fraction of sp³-hybridized carbons (Fsp3) is 0.500. The first kappa shape index (κ1) is 14.5. The fourth-order valence-electron chi connectivity index (χ4n) is 1.59. The van der Waals surface area contributed by atoms with Gasteiger partial charge in [-0.15, -0.1) is 23.2 Å². The maximum Gasteiger partial charge on any atom is 0.182 e. The van der Waals surface area contributed by atoms with E-state index in [0.29, 0.717) is 5.56 Å². The van der Waals surface area contributed by atoms with E-state index in [9.17, 15) is 4.79 Å². The summed E-state index contributed by atoms with van der Waals surface area (Å²) in [5.74, 6) is 0.0461. The van der Waals surface area contributed by atoms with E-state index < -0.39 is 5.38 Å². The van der Waals surface area contributed by atoms with Crippen LogP contribution in [-0.4, -0.2) is 17.0 Å². The van der Waals surface area contributed by atoms with E-state index >= 15 is 0 Å². The average Bonchev–Trinajstić information content (AvgIpc) is 2.26. The van der Waals surface area contributed by atoms with Crippen LogP contribution < -0.4 is 0 Å². The van der Waals surface area contributed by atoms with Gasteiger partial charge in [0, 0.05) is 11.4 Å². The first-order valence-corrected chi connectivity index (χ1v) is 6.60. The highest BCUT2D eigenvalue weighted by molar-refractivity contribution is 6.38. The molecule has 1 aromatic rings. The molecule has 0 aliphatic rings. The predicted octanol–water partition coefficient (Wildman–Crippen LogP) is 4.32. The number of alkyl halides is 2. The molecule has 0 saturated carbocycles. The van der Waals surface area contributed by atoms with Gasteiger partial charge in [0.15, 0.2) is 5.78 Å². The molecule has 1 unspecified atom stereocenters. The topological polar surface area (TPSA) is 17.1 Å². The molecule has 0 aliphatic heterocycles. The SMILES string of the molecule is Cc1ccc(C(C)(C)C)cc1C(=O)C(Cl)CCl. The number of hydrogen-bond donors (Lipinski definition) is 0. The van der Waals surface area contributed by atoms with Crippen LogP contribution in [0.1, 0.15) is 42.3 Å². The Morgan fingerprint density at radius 3 is 2.41 bits per heavy atom. The van der Waals surface area contributed by atoms with Gasteiger partial charge in [-0.3, -0.25) is 4.79 Å². The smallest absolute Gasteiger partial charge is 0.182 e. The Bertz CT molecular complexity index is 419. The van der Waals surface area contributed by atoms with Gasteiger partial charge in [0.1, 0.15) is 5.38 Å². The molecular formula is C14H18Cl2O. The highest BCUT2D eigenvalue weighted by atomic mass is 35.5. The van der Waals surface area contributed by atoms with Crippen molar-refractivity contribution in [2.45, 2.75) is 38.5 Å². The highest BCUT2D eigenvalue weighted by Crippen LogP contribution is 2.25. The number of rotatable bonds is 3. The van der Waals surface area contributed by atoms with Gasteiger partial charge in [0.2, 0.25) is 0 Å². The molecule has 0 heterocycles. The maximum absolute atomic E-state index is 12.1. The molecule has 0 N–H and O–H groups in total. The van der Waals surface area contributed by atoms with E-state index in [1.54, 1.807) is 0 Å². The van der Waals surface area contributed by atoms with Crippen LogP contribution in [0.5, 0.6) is 0 Å². The summed E-state index contributed by atoms with van der Waals surface area (Å²) in [6.45, 7) is 8.26. The molecule has 0 amide bonds. The van der Waals surface area contributed by atoms with E-state index in [1.807, 2.05) is 19.1 Å². The maximum atomic E-state index is 12.1. The monoisotopic (exact) mass is 272 g/mol. The van der Waals surface area contributed by atoms with Crippen molar-refractivity contribution in [3.05, 3.63) is 34.9 Å². The number of carbonyl (C=O) groups excluding carboxylic acids is 1. The summed E-state index contributed by atoms with van der Waals surface area (Å²) >= 11 is 11.5. The summed E-state index contributed by atoms with van der Waals surface area (Å²) in [5.41, 5.74) is 2.77. The summed E-state index contributed by atoms with van der Waals surface area (Å²) in [5, 5.41) is -0.648. The number of halogens is 2. The third kappa shape index (κ3) is 3.46. The highest BCUT2D eigenvalue weighted by Gasteiger charge is 2.21. The summed E-state index contributed by atoms with van der Waals surface area (Å²) in [6, 6.07) is 5.95. The lowest BCUT2D eigenvalue weighted by Gasteiger charge is -2.21. The lowest BCUT2D eigenvalue weighted by Crippen LogP contribution is -2.19. The molecule has 94 valence electrons. The van der Waals surface area contributed by atoms with Gasteiger partial charge < -0.3 is 0 Å². The molecule has 1 atom stereocenters. The van der Waals surface area contributed by atoms with Crippen molar-refractivity contribution in [3.63, 3.8) is 0 Å². The van der Waals surface area contributed by atoms with E-state index in [1.165, 1.54) is 0 Å². The molecule has 0 aliphatic carbocycles. The second kappa shape index (κ2) is 5.41. The van der Waals surface area contributed by atoms with Crippen LogP contribution in [-0.2, 0) is 5.41 Å². The van der Waals surface area contributed by atoms with Crippen LogP contribution in [0.25, 0.3) is 0 Å². The molecule has 3 heteroatoms. The van der Waals surface area contributed by atoms with Crippen LogP contribution >= 0.6 is 23.2 Å². The molecular weight excluding hydrogens is 255 g/mol. The first-order chi connectivity index (χ1) is 7.77. The van der Waals surface area contributed by atoms with E-state index in [0.717, 1.165) is 11.1 Å². The minimum atomic E-state index is -0.648. The van der Waals surface area contributed by atoms with Crippen LogP contribution in [0.15, 0.2) is 18.2 Å². The average molecular weight is 273 g/mol. The Morgan fingerprint density at radius 2 is 1.94 bits per heavy atom. The van der Waals surface area contributed by atoms with E-state index in [-0.39, 0.29) is 17.1 Å². The van der Waals surface area contributed by atoms with Gasteiger partial charge >= 0.3 is 0 Å². The lowest BCUT2D eigenvalue weighted by molar-refractivity contribution is 0.0992. The van der Waals surface area contributed by atoms with Crippen molar-refractivity contribution < 1.29 is 4.79 Å². The molecule has 0 bridgehead atoms. The minimum absolute atomic E-state index is 0.0193. The molecule has 0 aromatic heterocycles. The Kier molecular flexibility index (Phi) is 4.62. The summed E-state index contributed by atoms with van der Waals surface area (Å²) in [6.07, 6.45) is 0. The number of aryl methyl sites for hydroxylation is 1. The second-order valence-corrected chi connectivity index (χ2v) is 6.10. The molecule has 1 aromatic carbocycles. The minimum Gasteiger partial charge on any atom is -0.292 e. The Hall–Kier alpha value is -0.530. The number of hydrogen-bond acceptors (Lipinski definition) is 1. The molecule has 17 heavy (non-hydrogen) atoms. The van der Waals surface area contributed by atoms with Gasteiger partial charge in [0.05, 0.1) is 0 Å². The van der Waals surface area contributed by atoms with Gasteiger partial charge in [0.25, 0.3) is 0 Å². The van der Waals surface area contributed by atoms with Crippen molar-refractivity contribution in [2.24, 2.45) is 0 Å². The lowest BCUT2D eigenvalue weighted by atomic mass is 9.84. The molecule has 0 saturated heterocycles. The largest absolute Gasteiger partial charge is 0.292 e. The van der Waals surface area contributed by atoms with Gasteiger partial charge in [-0.2, -0.15) is 0 Å². The normalized spacial score (nSPS) is 13.5. The van der Waals surface area contributed by atoms with Crippen molar-refractivity contribution in [3.8, 4) is 0 Å². The molecule has 1 nitrogen and oxygen atoms in total. The molecule has 1 rings (SSSR count). The standard InChI is InChI=1S/C14H18Cl2O/c1-9-5-6-10(14(2,3)4)7-11(9)13(17)12(16)8-15/h5-7,12H,8H2,1-4H3. The Labute approximate surface area is 113 Å². The van der Waals surface area contributed by atoms with Crippen molar-refractivity contribution >= 4 is 29.0 Å². The van der Waals surface area contributed by atoms with Crippen molar-refractivity contribution in [2.75, 3.05) is 5.88 Å². The third-order valence-corrected chi connectivity index (χ3v) is 3.61. The summed E-state index contributed by atoms with van der Waals surface area (Å²) in [4.78, 5) is 12.1. The van der Waals surface area contributed by atoms with Crippen molar-refractivity contribution in [1.82, 2.24) is 0 Å². The number of carbonyl (C=O) groups is 1. The summed E-state index contributed by atoms with van der Waals surface area (Å²) < 4.78 is 0. The number of benzene rings is 1. The van der Waals surface area contributed by atoms with E-state index in [2.05, 4.69) is 26.8 Å². The molecule has 0 radical (unpaired) electrons. The van der Waals surface area contributed by atoms with E-state index in [4.69, 9.17) is 23.2 Å². The van der Waals surface area contributed by atoms with Gasteiger partial charge in [-0.1, -0.05) is 32.9 Å². The van der Waals surface area contributed by atoms with Gasteiger partial charge in [-0.25, -0.2) is 0 Å². The first-order valence-electron chi connectivity index (χ1n) is 5.62.